The second-order valence-corrected chi connectivity index (χ2v) is 6.01. The molecule has 6 heteroatoms. The fourth-order valence-electron chi connectivity index (χ4n) is 2.16. The van der Waals surface area contributed by atoms with E-state index in [-0.39, 0.29) is 12.5 Å². The summed E-state index contributed by atoms with van der Waals surface area (Å²) in [5.41, 5.74) is 0. The highest BCUT2D eigenvalue weighted by Crippen LogP contribution is 2.19. The molecule has 21 heavy (non-hydrogen) atoms. The molecule has 0 N–H and O–H groups in total. The van der Waals surface area contributed by atoms with Crippen LogP contribution in [0.4, 0.5) is 0 Å². The summed E-state index contributed by atoms with van der Waals surface area (Å²) >= 11 is 1.89. The van der Waals surface area contributed by atoms with Crippen LogP contribution in [0.1, 0.15) is 0 Å². The first-order chi connectivity index (χ1) is 10.3. The molecule has 2 aromatic rings. The smallest absolute Gasteiger partial charge is 0.244 e. The van der Waals surface area contributed by atoms with Gasteiger partial charge in [-0.15, -0.1) is 0 Å². The number of aromatic nitrogens is 2. The molecule has 0 unspecified atom stereocenters. The molecule has 1 fully saturated rings. The topological polar surface area (TPSA) is 47.4 Å². The first kappa shape index (κ1) is 14.0. The predicted octanol–water partition coefficient (Wildman–Crippen LogP) is 2.25. The predicted molar refractivity (Wildman–Crippen MR) is 82.6 cm³/mol. The van der Waals surface area contributed by atoms with E-state index in [1.807, 2.05) is 47.0 Å². The Bertz CT molecular complexity index is 594. The fourth-order valence-corrected chi connectivity index (χ4v) is 3.06. The number of para-hydroxylation sites is 1. The summed E-state index contributed by atoms with van der Waals surface area (Å²) in [6.45, 7) is 1.93. The number of ether oxygens (including phenoxy) is 1. The molecule has 5 nitrogen and oxygen atoms in total. The van der Waals surface area contributed by atoms with Crippen molar-refractivity contribution >= 4 is 17.7 Å². The summed E-state index contributed by atoms with van der Waals surface area (Å²) in [6.07, 6.45) is 3.38. The number of rotatable bonds is 4. The Morgan fingerprint density at radius 1 is 1.19 bits per heavy atom. The van der Waals surface area contributed by atoms with Crippen molar-refractivity contribution in [2.24, 2.45) is 0 Å². The van der Waals surface area contributed by atoms with Gasteiger partial charge in [-0.1, -0.05) is 18.2 Å². The van der Waals surface area contributed by atoms with Gasteiger partial charge in [-0.05, 0) is 12.1 Å². The molecule has 1 aliphatic rings. The van der Waals surface area contributed by atoms with Crippen LogP contribution in [-0.2, 0) is 11.3 Å². The van der Waals surface area contributed by atoms with E-state index in [0.29, 0.717) is 5.75 Å². The van der Waals surface area contributed by atoms with Gasteiger partial charge in [-0.2, -0.15) is 16.9 Å². The molecule has 2 heterocycles. The minimum absolute atomic E-state index is 0.115. The van der Waals surface area contributed by atoms with E-state index in [1.165, 1.54) is 0 Å². The van der Waals surface area contributed by atoms with E-state index in [9.17, 15) is 4.79 Å². The molecule has 0 saturated carbocycles. The monoisotopic (exact) mass is 303 g/mol. The third-order valence-electron chi connectivity index (χ3n) is 3.25. The minimum Gasteiger partial charge on any atom is -0.454 e. The normalized spacial score (nSPS) is 15.0. The van der Waals surface area contributed by atoms with Crippen molar-refractivity contribution in [1.29, 1.82) is 0 Å². The van der Waals surface area contributed by atoms with Crippen LogP contribution in [0.15, 0.2) is 42.7 Å². The highest BCUT2D eigenvalue weighted by atomic mass is 32.2. The summed E-state index contributed by atoms with van der Waals surface area (Å²) in [5, 5.41) is 4.19. The van der Waals surface area contributed by atoms with E-state index in [0.717, 1.165) is 30.3 Å². The number of hydrogen-bond donors (Lipinski definition) is 0. The van der Waals surface area contributed by atoms with Gasteiger partial charge >= 0.3 is 0 Å². The zero-order valence-corrected chi connectivity index (χ0v) is 12.5. The van der Waals surface area contributed by atoms with Crippen molar-refractivity contribution in [2.45, 2.75) is 6.54 Å². The molecular formula is C15H17N3O2S. The van der Waals surface area contributed by atoms with Crippen LogP contribution in [-0.4, -0.2) is 45.2 Å². The number of benzene rings is 1. The SMILES string of the molecule is O=C(Cn1cc(Oc2ccccc2)cn1)N1CCSCC1. The van der Waals surface area contributed by atoms with Gasteiger partial charge in [-0.3, -0.25) is 9.48 Å². The van der Waals surface area contributed by atoms with Gasteiger partial charge in [0, 0.05) is 24.6 Å². The molecule has 0 radical (unpaired) electrons. The lowest BCUT2D eigenvalue weighted by molar-refractivity contribution is -0.131. The molecule has 110 valence electrons. The standard InChI is InChI=1S/C15H17N3O2S/c19-15(17-6-8-21-9-7-17)12-18-11-14(10-16-18)20-13-4-2-1-3-5-13/h1-5,10-11H,6-9,12H2. The summed E-state index contributed by atoms with van der Waals surface area (Å²) in [7, 11) is 0. The molecule has 0 atom stereocenters. The molecule has 0 bridgehead atoms. The van der Waals surface area contributed by atoms with Crippen LogP contribution in [0.5, 0.6) is 11.5 Å². The highest BCUT2D eigenvalue weighted by molar-refractivity contribution is 7.99. The molecule has 3 rings (SSSR count). The lowest BCUT2D eigenvalue weighted by Crippen LogP contribution is -2.39. The zero-order valence-electron chi connectivity index (χ0n) is 11.6. The maximum absolute atomic E-state index is 12.2. The van der Waals surface area contributed by atoms with Crippen molar-refractivity contribution in [3.63, 3.8) is 0 Å². The van der Waals surface area contributed by atoms with Crippen LogP contribution in [0.25, 0.3) is 0 Å². The molecule has 1 aliphatic heterocycles. The Kier molecular flexibility index (Phi) is 4.45. The van der Waals surface area contributed by atoms with E-state index < -0.39 is 0 Å². The Morgan fingerprint density at radius 3 is 2.71 bits per heavy atom. The number of carbonyl (C=O) groups excluding carboxylic acids is 1. The van der Waals surface area contributed by atoms with E-state index in [2.05, 4.69) is 5.10 Å². The van der Waals surface area contributed by atoms with Crippen LogP contribution in [0.2, 0.25) is 0 Å². The number of thioether (sulfide) groups is 1. The van der Waals surface area contributed by atoms with Gasteiger partial charge in [0.2, 0.25) is 5.91 Å². The average Bonchev–Trinajstić information content (AvgIpc) is 2.96. The van der Waals surface area contributed by atoms with Gasteiger partial charge in [0.05, 0.1) is 12.4 Å². The van der Waals surface area contributed by atoms with Crippen LogP contribution >= 0.6 is 11.8 Å². The molecule has 1 amide bonds. The molecule has 1 saturated heterocycles. The lowest BCUT2D eigenvalue weighted by atomic mass is 10.3. The van der Waals surface area contributed by atoms with E-state index in [1.54, 1.807) is 17.1 Å². The summed E-state index contributed by atoms with van der Waals surface area (Å²) in [6, 6.07) is 9.53. The van der Waals surface area contributed by atoms with Crippen molar-refractivity contribution < 1.29 is 9.53 Å². The average molecular weight is 303 g/mol. The summed E-state index contributed by atoms with van der Waals surface area (Å²) in [5.74, 6) is 3.56. The Morgan fingerprint density at radius 2 is 1.95 bits per heavy atom. The first-order valence-corrected chi connectivity index (χ1v) is 8.07. The molecule has 1 aromatic carbocycles. The van der Waals surface area contributed by atoms with Crippen LogP contribution in [0, 0.1) is 0 Å². The first-order valence-electron chi connectivity index (χ1n) is 6.92. The fraction of sp³-hybridized carbons (Fsp3) is 0.333. The van der Waals surface area contributed by atoms with Gasteiger partial charge < -0.3 is 9.64 Å². The minimum atomic E-state index is 0.115. The van der Waals surface area contributed by atoms with Crippen LogP contribution in [0.3, 0.4) is 0 Å². The third-order valence-corrected chi connectivity index (χ3v) is 4.19. The number of nitrogens with zero attached hydrogens (tertiary/aromatic N) is 3. The number of hydrogen-bond acceptors (Lipinski definition) is 4. The summed E-state index contributed by atoms with van der Waals surface area (Å²) < 4.78 is 7.30. The van der Waals surface area contributed by atoms with Crippen molar-refractivity contribution in [3.05, 3.63) is 42.7 Å². The van der Waals surface area contributed by atoms with Crippen molar-refractivity contribution in [1.82, 2.24) is 14.7 Å². The third kappa shape index (κ3) is 3.78. The van der Waals surface area contributed by atoms with Gasteiger partial charge in [-0.25, -0.2) is 0 Å². The summed E-state index contributed by atoms with van der Waals surface area (Å²) in [4.78, 5) is 14.0. The largest absolute Gasteiger partial charge is 0.454 e. The molecule has 0 aliphatic carbocycles. The Hall–Kier alpha value is -1.95. The quantitative estimate of drug-likeness (QED) is 0.869. The highest BCUT2D eigenvalue weighted by Gasteiger charge is 2.17. The lowest BCUT2D eigenvalue weighted by Gasteiger charge is -2.26. The van der Waals surface area contributed by atoms with E-state index in [4.69, 9.17) is 4.74 Å². The molecular weight excluding hydrogens is 286 g/mol. The van der Waals surface area contributed by atoms with Crippen molar-refractivity contribution in [2.75, 3.05) is 24.6 Å². The maximum atomic E-state index is 12.2. The molecule has 0 spiro atoms. The number of carbonyl (C=O) groups is 1. The second-order valence-electron chi connectivity index (χ2n) is 4.78. The van der Waals surface area contributed by atoms with E-state index >= 15 is 0 Å². The Labute approximate surface area is 127 Å². The maximum Gasteiger partial charge on any atom is 0.244 e. The molecule has 1 aromatic heterocycles. The van der Waals surface area contributed by atoms with Crippen molar-refractivity contribution in [3.8, 4) is 11.5 Å². The van der Waals surface area contributed by atoms with Gasteiger partial charge in [0.1, 0.15) is 12.3 Å². The second kappa shape index (κ2) is 6.67. The zero-order chi connectivity index (χ0) is 14.5. The van der Waals surface area contributed by atoms with Gasteiger partial charge in [0.25, 0.3) is 0 Å². The Balaban J connectivity index is 1.58. The van der Waals surface area contributed by atoms with Gasteiger partial charge in [0.15, 0.2) is 5.75 Å². The van der Waals surface area contributed by atoms with Crippen LogP contribution < -0.4 is 4.74 Å². The number of amides is 1.